The maximum Gasteiger partial charge on any atom is 0.306 e. The van der Waals surface area contributed by atoms with Crippen molar-refractivity contribution in [3.8, 4) is 0 Å². The van der Waals surface area contributed by atoms with Crippen molar-refractivity contribution < 1.29 is 14.6 Å². The lowest BCUT2D eigenvalue weighted by molar-refractivity contribution is -0.154. The molecule has 0 unspecified atom stereocenters. The van der Waals surface area contributed by atoms with Gasteiger partial charge in [-0.2, -0.15) is 0 Å². The van der Waals surface area contributed by atoms with E-state index in [1.807, 2.05) is 0 Å². The lowest BCUT2D eigenvalue weighted by Crippen LogP contribution is -2.48. The molecule has 0 bridgehead atoms. The molecule has 0 aromatic rings. The average molecular weight is 212 g/mol. The Balaban J connectivity index is 2.19. The Morgan fingerprint density at radius 2 is 2.20 bits per heavy atom. The predicted molar refractivity (Wildman–Crippen MR) is 56.2 cm³/mol. The number of hydrogen-bond donors (Lipinski definition) is 1. The predicted octanol–water partition coefficient (Wildman–Crippen LogP) is 1.74. The normalized spacial score (nSPS) is 45.4. The minimum Gasteiger partial charge on any atom is -0.459 e. The fraction of sp³-hybridized carbons (Fsp3) is 0.917. The molecular formula is C12H20O3. The van der Waals surface area contributed by atoms with E-state index in [0.29, 0.717) is 12.3 Å². The summed E-state index contributed by atoms with van der Waals surface area (Å²) in [5.74, 6) is 0.573. The number of ether oxygens (including phenoxy) is 1. The molecule has 3 nitrogen and oxygen atoms in total. The van der Waals surface area contributed by atoms with Gasteiger partial charge < -0.3 is 9.84 Å². The van der Waals surface area contributed by atoms with Gasteiger partial charge in [0.1, 0.15) is 6.10 Å². The molecule has 1 saturated heterocycles. The summed E-state index contributed by atoms with van der Waals surface area (Å²) in [5, 5.41) is 10.2. The van der Waals surface area contributed by atoms with Crippen LogP contribution in [0.5, 0.6) is 0 Å². The second kappa shape index (κ2) is 3.48. The lowest BCUT2D eigenvalue weighted by Gasteiger charge is -2.42. The van der Waals surface area contributed by atoms with E-state index in [0.717, 1.165) is 12.8 Å². The van der Waals surface area contributed by atoms with Crippen molar-refractivity contribution in [1.29, 1.82) is 0 Å². The number of rotatable bonds is 1. The summed E-state index contributed by atoms with van der Waals surface area (Å²) < 4.78 is 5.27. The molecule has 1 aliphatic carbocycles. The second-order valence-electron chi connectivity index (χ2n) is 5.68. The molecule has 1 N–H and O–H groups in total. The van der Waals surface area contributed by atoms with E-state index in [4.69, 9.17) is 4.74 Å². The maximum absolute atomic E-state index is 11.3. The van der Waals surface area contributed by atoms with Gasteiger partial charge in [-0.3, -0.25) is 4.79 Å². The zero-order valence-corrected chi connectivity index (χ0v) is 9.69. The minimum atomic E-state index is -0.477. The van der Waals surface area contributed by atoms with Crippen LogP contribution < -0.4 is 0 Å². The first-order valence-electron chi connectivity index (χ1n) is 5.81. The van der Waals surface area contributed by atoms with Gasteiger partial charge >= 0.3 is 5.97 Å². The van der Waals surface area contributed by atoms with Crippen LogP contribution in [-0.2, 0) is 9.53 Å². The number of aliphatic hydroxyl groups excluding tert-OH is 1. The third-order valence-corrected chi connectivity index (χ3v) is 4.15. The molecule has 2 fully saturated rings. The highest BCUT2D eigenvalue weighted by atomic mass is 16.6. The number of esters is 1. The van der Waals surface area contributed by atoms with Crippen molar-refractivity contribution >= 4 is 5.97 Å². The molecule has 1 aliphatic heterocycles. The van der Waals surface area contributed by atoms with Crippen LogP contribution in [0.25, 0.3) is 0 Å². The van der Waals surface area contributed by atoms with Crippen molar-refractivity contribution in [2.24, 2.45) is 17.3 Å². The smallest absolute Gasteiger partial charge is 0.306 e. The van der Waals surface area contributed by atoms with Crippen LogP contribution in [0.3, 0.4) is 0 Å². The van der Waals surface area contributed by atoms with Gasteiger partial charge in [0.15, 0.2) is 0 Å². The van der Waals surface area contributed by atoms with Crippen LogP contribution in [0, 0.1) is 17.3 Å². The summed E-state index contributed by atoms with van der Waals surface area (Å²) in [4.78, 5) is 11.3. The van der Waals surface area contributed by atoms with E-state index >= 15 is 0 Å². The van der Waals surface area contributed by atoms with Gasteiger partial charge in [-0.15, -0.1) is 0 Å². The van der Waals surface area contributed by atoms with Crippen LogP contribution in [-0.4, -0.2) is 23.3 Å². The Labute approximate surface area is 90.8 Å². The molecular weight excluding hydrogens is 192 g/mol. The van der Waals surface area contributed by atoms with Crippen molar-refractivity contribution in [2.45, 2.75) is 52.2 Å². The molecule has 0 spiro atoms. The molecule has 0 radical (unpaired) electrons. The molecule has 0 aromatic heterocycles. The van der Waals surface area contributed by atoms with E-state index in [-0.39, 0.29) is 23.4 Å². The minimum absolute atomic E-state index is 0.123. The van der Waals surface area contributed by atoms with Gasteiger partial charge in [-0.25, -0.2) is 0 Å². The summed E-state index contributed by atoms with van der Waals surface area (Å²) in [6.07, 6.45) is 1.71. The van der Waals surface area contributed by atoms with Gasteiger partial charge in [0.25, 0.3) is 0 Å². The number of hydrogen-bond acceptors (Lipinski definition) is 3. The number of carbonyl (C=O) groups is 1. The monoisotopic (exact) mass is 212 g/mol. The van der Waals surface area contributed by atoms with Crippen molar-refractivity contribution in [2.75, 3.05) is 0 Å². The first-order valence-corrected chi connectivity index (χ1v) is 5.81. The lowest BCUT2D eigenvalue weighted by atomic mass is 9.65. The molecule has 3 heteroatoms. The van der Waals surface area contributed by atoms with E-state index in [9.17, 15) is 9.90 Å². The van der Waals surface area contributed by atoms with Crippen LogP contribution in [0.1, 0.15) is 40.0 Å². The standard InChI is InChI=1S/C12H20O3/c1-7(2)8-4-5-12(3)6-9(13)15-11(12)10(8)14/h7-8,10-11,14H,4-6H2,1-3H3/t8-,10+,11-,12-/m0/s1. The molecule has 0 aromatic carbocycles. The molecule has 4 atom stereocenters. The summed E-state index contributed by atoms with van der Waals surface area (Å²) in [6.45, 7) is 6.29. The summed E-state index contributed by atoms with van der Waals surface area (Å²) in [5.41, 5.74) is -0.123. The molecule has 2 aliphatic rings. The average Bonchev–Trinajstić information content (AvgIpc) is 2.41. The van der Waals surface area contributed by atoms with Gasteiger partial charge in [-0.1, -0.05) is 20.8 Å². The Morgan fingerprint density at radius 3 is 2.80 bits per heavy atom. The van der Waals surface area contributed by atoms with E-state index in [1.54, 1.807) is 0 Å². The topological polar surface area (TPSA) is 46.5 Å². The summed E-state index contributed by atoms with van der Waals surface area (Å²) >= 11 is 0. The van der Waals surface area contributed by atoms with Gasteiger partial charge in [0.2, 0.25) is 0 Å². The fourth-order valence-electron chi connectivity index (χ4n) is 3.09. The van der Waals surface area contributed by atoms with Gasteiger partial charge in [0, 0.05) is 5.41 Å². The van der Waals surface area contributed by atoms with Crippen LogP contribution >= 0.6 is 0 Å². The highest BCUT2D eigenvalue weighted by molar-refractivity contribution is 5.73. The highest BCUT2D eigenvalue weighted by Gasteiger charge is 2.54. The van der Waals surface area contributed by atoms with Crippen molar-refractivity contribution in [3.63, 3.8) is 0 Å². The first-order chi connectivity index (χ1) is 6.94. The fourth-order valence-corrected chi connectivity index (χ4v) is 3.09. The molecule has 0 amide bonds. The van der Waals surface area contributed by atoms with Crippen LogP contribution in [0.2, 0.25) is 0 Å². The Bertz CT molecular complexity index is 274. The van der Waals surface area contributed by atoms with E-state index in [2.05, 4.69) is 20.8 Å². The Kier molecular flexibility index (Phi) is 2.53. The largest absolute Gasteiger partial charge is 0.459 e. The van der Waals surface area contributed by atoms with Crippen LogP contribution in [0.15, 0.2) is 0 Å². The van der Waals surface area contributed by atoms with Crippen LogP contribution in [0.4, 0.5) is 0 Å². The van der Waals surface area contributed by atoms with Crippen molar-refractivity contribution in [1.82, 2.24) is 0 Å². The third-order valence-electron chi connectivity index (χ3n) is 4.15. The summed E-state index contributed by atoms with van der Waals surface area (Å²) in [6, 6.07) is 0. The zero-order valence-electron chi connectivity index (χ0n) is 9.69. The quantitative estimate of drug-likeness (QED) is 0.673. The van der Waals surface area contributed by atoms with E-state index < -0.39 is 6.10 Å². The van der Waals surface area contributed by atoms with Crippen molar-refractivity contribution in [3.05, 3.63) is 0 Å². The second-order valence-corrected chi connectivity index (χ2v) is 5.68. The molecule has 86 valence electrons. The molecule has 1 saturated carbocycles. The zero-order chi connectivity index (χ0) is 11.2. The van der Waals surface area contributed by atoms with Gasteiger partial charge in [-0.05, 0) is 24.7 Å². The number of fused-ring (bicyclic) bond motifs is 1. The van der Waals surface area contributed by atoms with Gasteiger partial charge in [0.05, 0.1) is 12.5 Å². The van der Waals surface area contributed by atoms with E-state index in [1.165, 1.54) is 0 Å². The molecule has 15 heavy (non-hydrogen) atoms. The molecule has 2 rings (SSSR count). The summed E-state index contributed by atoms with van der Waals surface area (Å²) in [7, 11) is 0. The third kappa shape index (κ3) is 1.67. The first kappa shape index (κ1) is 10.9. The SMILES string of the molecule is CC(C)[C@@H]1CC[C@@]2(C)CC(=O)O[C@H]2[C@@H]1O. The number of aliphatic hydroxyl groups is 1. The highest BCUT2D eigenvalue weighted by Crippen LogP contribution is 2.48. The number of carbonyl (C=O) groups excluding carboxylic acids is 1. The Morgan fingerprint density at radius 1 is 1.53 bits per heavy atom. The molecule has 1 heterocycles. The Hall–Kier alpha value is -0.570. The maximum atomic E-state index is 11.3.